The molecule has 1 aliphatic rings. The van der Waals surface area contributed by atoms with E-state index in [1.165, 1.54) is 18.3 Å². The highest BCUT2D eigenvalue weighted by Crippen LogP contribution is 2.22. The van der Waals surface area contributed by atoms with Crippen LogP contribution in [-0.4, -0.2) is 58.3 Å². The molecule has 9 heteroatoms. The standard InChI is InChI=1S/C24H27FN6O2/c1-16-21(17(2)31-24(29-16)19(13-26)14-28-31)7-8-23(32)27-15-22(30-9-11-33-12-10-30)18-3-5-20(25)6-4-18/h3-6,14,22H,7-12,15H2,1-2H3,(H,27,32). The van der Waals surface area contributed by atoms with Gasteiger partial charge in [-0.2, -0.15) is 10.4 Å². The van der Waals surface area contributed by atoms with Gasteiger partial charge >= 0.3 is 0 Å². The Kier molecular flexibility index (Phi) is 6.96. The lowest BCUT2D eigenvalue weighted by Gasteiger charge is -2.35. The van der Waals surface area contributed by atoms with E-state index < -0.39 is 0 Å². The summed E-state index contributed by atoms with van der Waals surface area (Å²) in [5, 5.41) is 16.5. The molecular weight excluding hydrogens is 423 g/mol. The predicted octanol–water partition coefficient (Wildman–Crippen LogP) is 2.48. The Morgan fingerprint density at radius 2 is 2.00 bits per heavy atom. The van der Waals surface area contributed by atoms with E-state index in [1.807, 2.05) is 13.8 Å². The van der Waals surface area contributed by atoms with Crippen molar-refractivity contribution < 1.29 is 13.9 Å². The number of nitrogens with one attached hydrogen (secondary N) is 1. The van der Waals surface area contributed by atoms with E-state index in [4.69, 9.17) is 4.74 Å². The largest absolute Gasteiger partial charge is 0.379 e. The average Bonchev–Trinajstić information content (AvgIpc) is 3.24. The molecule has 1 amide bonds. The van der Waals surface area contributed by atoms with Crippen LogP contribution in [-0.2, 0) is 16.0 Å². The van der Waals surface area contributed by atoms with E-state index in [0.717, 1.165) is 35.6 Å². The summed E-state index contributed by atoms with van der Waals surface area (Å²) in [5.41, 5.74) is 4.56. The van der Waals surface area contributed by atoms with Gasteiger partial charge in [0.25, 0.3) is 0 Å². The third kappa shape index (κ3) is 5.02. The number of benzene rings is 1. The van der Waals surface area contributed by atoms with Crippen molar-refractivity contribution in [3.05, 3.63) is 64.4 Å². The molecule has 3 aromatic rings. The molecule has 1 N–H and O–H groups in total. The number of nitriles is 1. The van der Waals surface area contributed by atoms with Crippen molar-refractivity contribution in [3.8, 4) is 6.07 Å². The van der Waals surface area contributed by atoms with Gasteiger partial charge in [-0.25, -0.2) is 13.9 Å². The Morgan fingerprint density at radius 1 is 1.27 bits per heavy atom. The molecule has 8 nitrogen and oxygen atoms in total. The maximum Gasteiger partial charge on any atom is 0.220 e. The van der Waals surface area contributed by atoms with Crippen LogP contribution in [0.3, 0.4) is 0 Å². The number of aryl methyl sites for hydroxylation is 2. The maximum absolute atomic E-state index is 13.4. The molecule has 4 rings (SSSR count). The lowest BCUT2D eigenvalue weighted by atomic mass is 10.0. The van der Waals surface area contributed by atoms with Gasteiger partial charge in [-0.3, -0.25) is 9.69 Å². The smallest absolute Gasteiger partial charge is 0.220 e. The Morgan fingerprint density at radius 3 is 2.70 bits per heavy atom. The second-order valence-corrected chi connectivity index (χ2v) is 8.19. The summed E-state index contributed by atoms with van der Waals surface area (Å²) in [6.45, 7) is 7.04. The van der Waals surface area contributed by atoms with Crippen LogP contribution in [0.2, 0.25) is 0 Å². The monoisotopic (exact) mass is 450 g/mol. The van der Waals surface area contributed by atoms with Gasteiger partial charge in [0.1, 0.15) is 17.4 Å². The zero-order valence-electron chi connectivity index (χ0n) is 18.8. The molecule has 0 bridgehead atoms. The summed E-state index contributed by atoms with van der Waals surface area (Å²) >= 11 is 0. The summed E-state index contributed by atoms with van der Waals surface area (Å²) < 4.78 is 20.5. The molecule has 0 radical (unpaired) electrons. The van der Waals surface area contributed by atoms with E-state index >= 15 is 0 Å². The first-order valence-corrected chi connectivity index (χ1v) is 11.1. The van der Waals surface area contributed by atoms with Crippen LogP contribution in [0, 0.1) is 31.0 Å². The molecule has 1 atom stereocenters. The number of carbonyl (C=O) groups is 1. The van der Waals surface area contributed by atoms with Crippen molar-refractivity contribution in [3.63, 3.8) is 0 Å². The van der Waals surface area contributed by atoms with E-state index in [-0.39, 0.29) is 17.8 Å². The minimum atomic E-state index is -0.279. The Balaban J connectivity index is 1.42. The number of morpholine rings is 1. The SMILES string of the molecule is Cc1nc2c(C#N)cnn2c(C)c1CCC(=O)NCC(c1ccc(F)cc1)N1CCOCC1. The predicted molar refractivity (Wildman–Crippen MR) is 120 cm³/mol. The first-order chi connectivity index (χ1) is 16.0. The molecule has 0 saturated carbocycles. The summed E-state index contributed by atoms with van der Waals surface area (Å²) in [6, 6.07) is 8.50. The van der Waals surface area contributed by atoms with Gasteiger partial charge in [-0.05, 0) is 43.5 Å². The van der Waals surface area contributed by atoms with Crippen LogP contribution in [0.4, 0.5) is 4.39 Å². The number of nitrogens with zero attached hydrogens (tertiary/aromatic N) is 5. The molecule has 1 saturated heterocycles. The quantitative estimate of drug-likeness (QED) is 0.594. The number of hydrogen-bond acceptors (Lipinski definition) is 6. The van der Waals surface area contributed by atoms with Crippen LogP contribution in [0.25, 0.3) is 5.65 Å². The van der Waals surface area contributed by atoms with Crippen LogP contribution in [0.15, 0.2) is 30.5 Å². The molecular formula is C24H27FN6O2. The molecule has 1 aromatic carbocycles. The second-order valence-electron chi connectivity index (χ2n) is 8.19. The van der Waals surface area contributed by atoms with Crippen molar-refractivity contribution in [1.82, 2.24) is 24.8 Å². The zero-order chi connectivity index (χ0) is 23.4. The van der Waals surface area contributed by atoms with Crippen molar-refractivity contribution in [2.45, 2.75) is 32.7 Å². The molecule has 1 unspecified atom stereocenters. The Labute approximate surface area is 192 Å². The maximum atomic E-state index is 13.4. The van der Waals surface area contributed by atoms with Crippen LogP contribution < -0.4 is 5.32 Å². The summed E-state index contributed by atoms with van der Waals surface area (Å²) in [4.78, 5) is 19.5. The Bertz CT molecular complexity index is 1180. The lowest BCUT2D eigenvalue weighted by Crippen LogP contribution is -2.43. The summed E-state index contributed by atoms with van der Waals surface area (Å²) in [7, 11) is 0. The van der Waals surface area contributed by atoms with E-state index in [2.05, 4.69) is 26.4 Å². The lowest BCUT2D eigenvalue weighted by molar-refractivity contribution is -0.121. The van der Waals surface area contributed by atoms with Crippen molar-refractivity contribution >= 4 is 11.6 Å². The number of halogens is 1. The zero-order valence-corrected chi connectivity index (χ0v) is 18.8. The fraction of sp³-hybridized carbons (Fsp3) is 0.417. The normalized spacial score (nSPS) is 15.3. The van der Waals surface area contributed by atoms with Crippen LogP contribution in [0.5, 0.6) is 0 Å². The highest BCUT2D eigenvalue weighted by atomic mass is 19.1. The van der Waals surface area contributed by atoms with Gasteiger partial charge in [-0.1, -0.05) is 12.1 Å². The number of ether oxygens (including phenoxy) is 1. The van der Waals surface area contributed by atoms with Gasteiger partial charge in [0.2, 0.25) is 5.91 Å². The fourth-order valence-electron chi connectivity index (χ4n) is 4.32. The highest BCUT2D eigenvalue weighted by Gasteiger charge is 2.23. The topological polar surface area (TPSA) is 95.6 Å². The van der Waals surface area contributed by atoms with Gasteiger partial charge in [0.15, 0.2) is 5.65 Å². The minimum absolute atomic E-state index is 0.0478. The molecule has 172 valence electrons. The summed E-state index contributed by atoms with van der Waals surface area (Å²) in [5.74, 6) is -0.341. The molecule has 0 aliphatic carbocycles. The number of hydrogen-bond donors (Lipinski definition) is 1. The number of amides is 1. The van der Waals surface area contributed by atoms with Gasteiger partial charge < -0.3 is 10.1 Å². The molecule has 3 heterocycles. The highest BCUT2D eigenvalue weighted by molar-refractivity contribution is 5.76. The average molecular weight is 451 g/mol. The molecule has 1 fully saturated rings. The molecule has 33 heavy (non-hydrogen) atoms. The molecule has 2 aromatic heterocycles. The third-order valence-electron chi connectivity index (χ3n) is 6.16. The van der Waals surface area contributed by atoms with E-state index in [9.17, 15) is 14.4 Å². The van der Waals surface area contributed by atoms with Gasteiger partial charge in [0.05, 0.1) is 25.5 Å². The van der Waals surface area contributed by atoms with E-state index in [1.54, 1.807) is 16.6 Å². The number of rotatable bonds is 7. The molecule has 1 aliphatic heterocycles. The first-order valence-electron chi connectivity index (χ1n) is 11.1. The third-order valence-corrected chi connectivity index (χ3v) is 6.16. The first kappa shape index (κ1) is 22.8. The van der Waals surface area contributed by atoms with Crippen molar-refractivity contribution in [2.75, 3.05) is 32.8 Å². The van der Waals surface area contributed by atoms with Gasteiger partial charge in [0, 0.05) is 37.4 Å². The van der Waals surface area contributed by atoms with Crippen molar-refractivity contribution in [1.29, 1.82) is 5.26 Å². The number of carbonyl (C=O) groups excluding carboxylic acids is 1. The number of fused-ring (bicyclic) bond motifs is 1. The minimum Gasteiger partial charge on any atom is -0.379 e. The Hall–Kier alpha value is -3.35. The van der Waals surface area contributed by atoms with Crippen LogP contribution in [0.1, 0.15) is 40.5 Å². The second kappa shape index (κ2) is 10.1. The van der Waals surface area contributed by atoms with Gasteiger partial charge in [-0.15, -0.1) is 0 Å². The molecule has 0 spiro atoms. The van der Waals surface area contributed by atoms with Crippen LogP contribution >= 0.6 is 0 Å². The van der Waals surface area contributed by atoms with Crippen molar-refractivity contribution in [2.24, 2.45) is 0 Å². The number of aromatic nitrogens is 3. The fourth-order valence-corrected chi connectivity index (χ4v) is 4.32. The van der Waals surface area contributed by atoms with E-state index in [0.29, 0.717) is 43.8 Å². The summed E-state index contributed by atoms with van der Waals surface area (Å²) in [6.07, 6.45) is 2.33.